The van der Waals surface area contributed by atoms with Crippen LogP contribution in [-0.2, 0) is 13.1 Å². The minimum absolute atomic E-state index is 0.145. The lowest BCUT2D eigenvalue weighted by Gasteiger charge is -2.39. The summed E-state index contributed by atoms with van der Waals surface area (Å²) in [5, 5.41) is 4.81. The van der Waals surface area contributed by atoms with E-state index in [9.17, 15) is 0 Å². The Hall–Kier alpha value is -2.25. The number of nitrogens with two attached hydrogens (primary N) is 1. The summed E-state index contributed by atoms with van der Waals surface area (Å²) in [7, 11) is 0. The molecule has 6 nitrogen and oxygen atoms in total. The highest BCUT2D eigenvalue weighted by molar-refractivity contribution is 6.31. The zero-order valence-electron chi connectivity index (χ0n) is 15.7. The number of hydrogen-bond acceptors (Lipinski definition) is 6. The average Bonchev–Trinajstić information content (AvgIpc) is 3.19. The average molecular weight is 398 g/mol. The van der Waals surface area contributed by atoms with Crippen molar-refractivity contribution in [3.8, 4) is 0 Å². The molecule has 2 N–H and O–H groups in total. The lowest BCUT2D eigenvalue weighted by molar-refractivity contribution is 0.102. The smallest absolute Gasteiger partial charge is 0.240 e. The third kappa shape index (κ3) is 4.25. The van der Waals surface area contributed by atoms with Gasteiger partial charge in [0.1, 0.15) is 0 Å². The van der Waals surface area contributed by atoms with Gasteiger partial charge in [-0.1, -0.05) is 65.3 Å². The van der Waals surface area contributed by atoms with Gasteiger partial charge in [-0.05, 0) is 17.2 Å². The molecule has 0 radical (unpaired) electrons. The summed E-state index contributed by atoms with van der Waals surface area (Å²) >= 11 is 6.57. The molecule has 4 rings (SSSR count). The third-order valence-corrected chi connectivity index (χ3v) is 5.48. The fourth-order valence-corrected chi connectivity index (χ4v) is 3.98. The van der Waals surface area contributed by atoms with Crippen LogP contribution in [0, 0.1) is 0 Å². The molecule has 2 heterocycles. The van der Waals surface area contributed by atoms with Crippen molar-refractivity contribution < 1.29 is 4.52 Å². The SMILES string of the molecule is NCc1nc(CN2CCN(C(c3ccccc3)c3ccccc3Cl)CC2)no1. The predicted octanol–water partition coefficient (Wildman–Crippen LogP) is 3.09. The molecule has 1 aliphatic rings. The standard InChI is InChI=1S/C21H24ClN5O/c22-18-9-5-4-8-17(18)21(16-6-2-1-3-7-16)27-12-10-26(11-13-27)15-19-24-20(14-23)28-25-19/h1-9,21H,10-15,23H2. The highest BCUT2D eigenvalue weighted by Gasteiger charge is 2.28. The Labute approximate surface area is 169 Å². The fourth-order valence-electron chi connectivity index (χ4n) is 3.74. The predicted molar refractivity (Wildman–Crippen MR) is 109 cm³/mol. The van der Waals surface area contributed by atoms with Crippen LogP contribution in [0.1, 0.15) is 28.9 Å². The van der Waals surface area contributed by atoms with Crippen LogP contribution in [0.25, 0.3) is 0 Å². The van der Waals surface area contributed by atoms with E-state index in [1.807, 2.05) is 18.2 Å². The maximum Gasteiger partial charge on any atom is 0.240 e. The molecule has 1 aliphatic heterocycles. The molecule has 0 aliphatic carbocycles. The van der Waals surface area contributed by atoms with Crippen LogP contribution in [0.3, 0.4) is 0 Å². The van der Waals surface area contributed by atoms with Crippen LogP contribution in [0.2, 0.25) is 5.02 Å². The Balaban J connectivity index is 1.49. The van der Waals surface area contributed by atoms with Crippen molar-refractivity contribution in [1.82, 2.24) is 19.9 Å². The van der Waals surface area contributed by atoms with E-state index in [1.165, 1.54) is 5.56 Å². The van der Waals surface area contributed by atoms with Gasteiger partial charge in [-0.3, -0.25) is 9.80 Å². The van der Waals surface area contributed by atoms with E-state index < -0.39 is 0 Å². The first-order chi connectivity index (χ1) is 13.7. The van der Waals surface area contributed by atoms with E-state index >= 15 is 0 Å². The van der Waals surface area contributed by atoms with Crippen molar-refractivity contribution in [2.75, 3.05) is 26.2 Å². The number of aromatic nitrogens is 2. The summed E-state index contributed by atoms with van der Waals surface area (Å²) in [5.41, 5.74) is 7.95. The zero-order valence-corrected chi connectivity index (χ0v) is 16.4. The van der Waals surface area contributed by atoms with E-state index in [0.29, 0.717) is 18.3 Å². The summed E-state index contributed by atoms with van der Waals surface area (Å²) in [6.07, 6.45) is 0. The molecule has 3 aromatic rings. The molecule has 7 heteroatoms. The van der Waals surface area contributed by atoms with Crippen LogP contribution in [0.15, 0.2) is 59.1 Å². The molecule has 28 heavy (non-hydrogen) atoms. The Morgan fingerprint density at radius 2 is 1.71 bits per heavy atom. The Bertz CT molecular complexity index is 893. The molecule has 146 valence electrons. The second-order valence-corrected chi connectivity index (χ2v) is 7.36. The van der Waals surface area contributed by atoms with Gasteiger partial charge in [0.15, 0.2) is 5.82 Å². The molecule has 0 bridgehead atoms. The largest absolute Gasteiger partial charge is 0.338 e. The second kappa shape index (κ2) is 8.84. The summed E-state index contributed by atoms with van der Waals surface area (Å²) in [4.78, 5) is 9.15. The van der Waals surface area contributed by atoms with Gasteiger partial charge in [-0.2, -0.15) is 4.98 Å². The number of rotatable bonds is 6. The Morgan fingerprint density at radius 3 is 2.39 bits per heavy atom. The molecule has 0 saturated carbocycles. The van der Waals surface area contributed by atoms with Crippen LogP contribution in [-0.4, -0.2) is 46.1 Å². The molecular formula is C21H24ClN5O. The van der Waals surface area contributed by atoms with Gasteiger partial charge < -0.3 is 10.3 Å². The number of halogens is 1. The maximum absolute atomic E-state index is 6.57. The number of nitrogens with zero attached hydrogens (tertiary/aromatic N) is 4. The molecule has 1 aromatic heterocycles. The van der Waals surface area contributed by atoms with Crippen molar-refractivity contribution in [1.29, 1.82) is 0 Å². The van der Waals surface area contributed by atoms with Crippen molar-refractivity contribution in [3.63, 3.8) is 0 Å². The lowest BCUT2D eigenvalue weighted by Crippen LogP contribution is -2.47. The number of hydrogen-bond donors (Lipinski definition) is 1. The summed E-state index contributed by atoms with van der Waals surface area (Å²) in [6, 6.07) is 18.8. The van der Waals surface area contributed by atoms with E-state index in [1.54, 1.807) is 0 Å². The first-order valence-corrected chi connectivity index (χ1v) is 9.89. The van der Waals surface area contributed by atoms with E-state index in [0.717, 1.165) is 36.8 Å². The molecule has 1 fully saturated rings. The van der Waals surface area contributed by atoms with E-state index in [2.05, 4.69) is 56.3 Å². The van der Waals surface area contributed by atoms with Crippen LogP contribution in [0.5, 0.6) is 0 Å². The molecule has 1 unspecified atom stereocenters. The van der Waals surface area contributed by atoms with Crippen molar-refractivity contribution in [2.45, 2.75) is 19.1 Å². The van der Waals surface area contributed by atoms with E-state index in [-0.39, 0.29) is 12.6 Å². The van der Waals surface area contributed by atoms with Crippen LogP contribution < -0.4 is 5.73 Å². The summed E-state index contributed by atoms with van der Waals surface area (Å²) in [6.45, 7) is 4.69. The minimum Gasteiger partial charge on any atom is -0.338 e. The van der Waals surface area contributed by atoms with Gasteiger partial charge in [-0.25, -0.2) is 0 Å². The van der Waals surface area contributed by atoms with Gasteiger partial charge in [0.2, 0.25) is 5.89 Å². The van der Waals surface area contributed by atoms with E-state index in [4.69, 9.17) is 21.9 Å². The molecular weight excluding hydrogens is 374 g/mol. The maximum atomic E-state index is 6.57. The Morgan fingerprint density at radius 1 is 1.00 bits per heavy atom. The Kier molecular flexibility index (Phi) is 6.02. The first kappa shape index (κ1) is 19.1. The number of piperazine rings is 1. The molecule has 1 atom stereocenters. The lowest BCUT2D eigenvalue weighted by atomic mass is 9.96. The molecule has 0 spiro atoms. The second-order valence-electron chi connectivity index (χ2n) is 6.96. The highest BCUT2D eigenvalue weighted by Crippen LogP contribution is 2.33. The van der Waals surface area contributed by atoms with Gasteiger partial charge in [-0.15, -0.1) is 0 Å². The van der Waals surface area contributed by atoms with Crippen molar-refractivity contribution >= 4 is 11.6 Å². The summed E-state index contributed by atoms with van der Waals surface area (Å²) in [5.74, 6) is 1.18. The monoisotopic (exact) mass is 397 g/mol. The quantitative estimate of drug-likeness (QED) is 0.689. The number of benzene rings is 2. The molecule has 0 amide bonds. The molecule has 1 saturated heterocycles. The zero-order chi connectivity index (χ0) is 19.3. The van der Waals surface area contributed by atoms with Crippen LogP contribution in [0.4, 0.5) is 0 Å². The topological polar surface area (TPSA) is 71.4 Å². The van der Waals surface area contributed by atoms with Gasteiger partial charge >= 0.3 is 0 Å². The van der Waals surface area contributed by atoms with Crippen molar-refractivity contribution in [3.05, 3.63) is 82.5 Å². The summed E-state index contributed by atoms with van der Waals surface area (Å²) < 4.78 is 5.11. The van der Waals surface area contributed by atoms with Crippen LogP contribution >= 0.6 is 11.6 Å². The first-order valence-electron chi connectivity index (χ1n) is 9.52. The fraction of sp³-hybridized carbons (Fsp3) is 0.333. The van der Waals surface area contributed by atoms with Crippen molar-refractivity contribution in [2.24, 2.45) is 5.73 Å². The third-order valence-electron chi connectivity index (χ3n) is 5.14. The van der Waals surface area contributed by atoms with Gasteiger partial charge in [0.25, 0.3) is 0 Å². The highest BCUT2D eigenvalue weighted by atomic mass is 35.5. The van der Waals surface area contributed by atoms with Gasteiger partial charge in [0, 0.05) is 31.2 Å². The minimum atomic E-state index is 0.145. The molecule has 2 aromatic carbocycles. The van der Waals surface area contributed by atoms with Gasteiger partial charge in [0.05, 0.1) is 19.1 Å². The normalized spacial score (nSPS) is 16.9.